The number of aryl methyl sites for hydroxylation is 2. The molecule has 0 aliphatic carbocycles. The predicted molar refractivity (Wildman–Crippen MR) is 71.1 cm³/mol. The van der Waals surface area contributed by atoms with Crippen LogP contribution in [-0.2, 0) is 0 Å². The first kappa shape index (κ1) is 13.3. The Morgan fingerprint density at radius 2 is 1.53 bits per heavy atom. The number of hydrogen-bond donors (Lipinski definition) is 0. The van der Waals surface area contributed by atoms with Gasteiger partial charge in [-0.1, -0.05) is 0 Å². The fourth-order valence-electron chi connectivity index (χ4n) is 1.80. The van der Waals surface area contributed by atoms with Crippen LogP contribution in [0, 0.1) is 13.8 Å². The molecule has 19 heavy (non-hydrogen) atoms. The molecule has 0 N–H and O–H groups in total. The first-order valence-corrected chi connectivity index (χ1v) is 5.85. The largest absolute Gasteiger partial charge is 0.493 e. The fourth-order valence-corrected chi connectivity index (χ4v) is 1.80. The number of hydrogen-bond acceptors (Lipinski definition) is 5. The van der Waals surface area contributed by atoms with Gasteiger partial charge in [-0.25, -0.2) is 4.98 Å². The average Bonchev–Trinajstić information content (AvgIpc) is 2.76. The molecule has 0 unspecified atom stereocenters. The number of aromatic nitrogens is 1. The molecule has 0 bridgehead atoms. The van der Waals surface area contributed by atoms with Crippen molar-refractivity contribution in [3.63, 3.8) is 0 Å². The van der Waals surface area contributed by atoms with Crippen LogP contribution in [0.2, 0.25) is 0 Å². The third kappa shape index (κ3) is 2.36. The van der Waals surface area contributed by atoms with Crippen molar-refractivity contribution in [1.82, 2.24) is 4.98 Å². The summed E-state index contributed by atoms with van der Waals surface area (Å²) in [6, 6.07) is 3.62. The molecule has 0 aliphatic rings. The number of nitrogens with zero attached hydrogens (tertiary/aromatic N) is 1. The quantitative estimate of drug-likeness (QED) is 0.848. The number of oxazole rings is 1. The van der Waals surface area contributed by atoms with Gasteiger partial charge in [0.25, 0.3) is 0 Å². The Labute approximate surface area is 112 Å². The number of methoxy groups -OCH3 is 3. The highest BCUT2D eigenvalue weighted by molar-refractivity contribution is 5.66. The molecule has 0 atom stereocenters. The van der Waals surface area contributed by atoms with E-state index in [1.807, 2.05) is 26.0 Å². The van der Waals surface area contributed by atoms with E-state index >= 15 is 0 Å². The van der Waals surface area contributed by atoms with E-state index in [-0.39, 0.29) is 0 Å². The second-order valence-corrected chi connectivity index (χ2v) is 4.07. The van der Waals surface area contributed by atoms with Gasteiger partial charge in [-0.05, 0) is 26.0 Å². The van der Waals surface area contributed by atoms with Crippen molar-refractivity contribution in [3.05, 3.63) is 23.6 Å². The van der Waals surface area contributed by atoms with E-state index in [1.165, 1.54) is 0 Å². The highest BCUT2D eigenvalue weighted by Crippen LogP contribution is 2.41. The van der Waals surface area contributed by atoms with Crippen LogP contribution in [0.5, 0.6) is 17.2 Å². The molecule has 0 saturated carbocycles. The summed E-state index contributed by atoms with van der Waals surface area (Å²) >= 11 is 0. The zero-order valence-corrected chi connectivity index (χ0v) is 11.7. The van der Waals surface area contributed by atoms with Gasteiger partial charge >= 0.3 is 0 Å². The van der Waals surface area contributed by atoms with Crippen LogP contribution < -0.4 is 14.2 Å². The van der Waals surface area contributed by atoms with Crippen LogP contribution >= 0.6 is 0 Å². The first-order valence-electron chi connectivity index (χ1n) is 5.85. The van der Waals surface area contributed by atoms with Crippen molar-refractivity contribution in [1.29, 1.82) is 0 Å². The average molecular weight is 263 g/mol. The molecule has 0 aliphatic heterocycles. The molecule has 1 aromatic carbocycles. The fraction of sp³-hybridized carbons (Fsp3) is 0.357. The lowest BCUT2D eigenvalue weighted by molar-refractivity contribution is 0.324. The molecule has 0 fully saturated rings. The Morgan fingerprint density at radius 3 is 1.89 bits per heavy atom. The lowest BCUT2D eigenvalue weighted by atomic mass is 10.2. The van der Waals surface area contributed by atoms with Crippen molar-refractivity contribution in [3.8, 4) is 28.7 Å². The second kappa shape index (κ2) is 5.22. The third-order valence-electron chi connectivity index (χ3n) is 2.94. The van der Waals surface area contributed by atoms with Crippen LogP contribution in [0.3, 0.4) is 0 Å². The van der Waals surface area contributed by atoms with Crippen molar-refractivity contribution >= 4 is 0 Å². The van der Waals surface area contributed by atoms with Gasteiger partial charge < -0.3 is 18.6 Å². The molecule has 0 amide bonds. The van der Waals surface area contributed by atoms with Crippen LogP contribution in [0.1, 0.15) is 11.5 Å². The number of rotatable bonds is 4. The lowest BCUT2D eigenvalue weighted by Crippen LogP contribution is -1.95. The summed E-state index contributed by atoms with van der Waals surface area (Å²) in [6.07, 6.45) is 0. The van der Waals surface area contributed by atoms with Gasteiger partial charge in [-0.15, -0.1) is 0 Å². The Hall–Kier alpha value is -2.17. The molecule has 2 rings (SSSR count). The van der Waals surface area contributed by atoms with E-state index in [1.54, 1.807) is 21.3 Å². The zero-order chi connectivity index (χ0) is 14.0. The summed E-state index contributed by atoms with van der Waals surface area (Å²) < 4.78 is 21.5. The monoisotopic (exact) mass is 263 g/mol. The number of benzene rings is 1. The van der Waals surface area contributed by atoms with Gasteiger partial charge in [0.15, 0.2) is 11.5 Å². The van der Waals surface area contributed by atoms with Crippen LogP contribution in [-0.4, -0.2) is 26.3 Å². The molecule has 0 saturated heterocycles. The molecular formula is C14H17NO4. The third-order valence-corrected chi connectivity index (χ3v) is 2.94. The molecule has 1 aromatic heterocycles. The van der Waals surface area contributed by atoms with E-state index in [0.29, 0.717) is 23.1 Å². The van der Waals surface area contributed by atoms with E-state index in [2.05, 4.69) is 4.98 Å². The van der Waals surface area contributed by atoms with Crippen molar-refractivity contribution in [2.24, 2.45) is 0 Å². The van der Waals surface area contributed by atoms with Crippen molar-refractivity contribution in [2.45, 2.75) is 13.8 Å². The smallest absolute Gasteiger partial charge is 0.226 e. The maximum Gasteiger partial charge on any atom is 0.226 e. The van der Waals surface area contributed by atoms with Gasteiger partial charge in [-0.2, -0.15) is 0 Å². The molecule has 5 heteroatoms. The van der Waals surface area contributed by atoms with E-state index in [0.717, 1.165) is 17.0 Å². The zero-order valence-electron chi connectivity index (χ0n) is 11.7. The topological polar surface area (TPSA) is 53.7 Å². The minimum atomic E-state index is 0.536. The Balaban J connectivity index is 2.58. The molecule has 5 nitrogen and oxygen atoms in total. The highest BCUT2D eigenvalue weighted by Gasteiger charge is 2.17. The summed E-state index contributed by atoms with van der Waals surface area (Å²) in [4.78, 5) is 4.37. The maximum absolute atomic E-state index is 5.61. The molecule has 0 spiro atoms. The van der Waals surface area contributed by atoms with E-state index in [9.17, 15) is 0 Å². The standard InChI is InChI=1S/C14H17NO4/c1-8-9(2)19-14(15-8)10-6-11(16-3)13(18-5)12(7-10)17-4/h6-7H,1-5H3. The van der Waals surface area contributed by atoms with Crippen LogP contribution in [0.25, 0.3) is 11.5 Å². The van der Waals surface area contributed by atoms with Crippen LogP contribution in [0.15, 0.2) is 16.5 Å². The van der Waals surface area contributed by atoms with E-state index in [4.69, 9.17) is 18.6 Å². The summed E-state index contributed by atoms with van der Waals surface area (Å²) in [7, 11) is 4.72. The van der Waals surface area contributed by atoms with Crippen molar-refractivity contribution < 1.29 is 18.6 Å². The van der Waals surface area contributed by atoms with Gasteiger partial charge in [0.1, 0.15) is 5.76 Å². The van der Waals surface area contributed by atoms with Gasteiger partial charge in [0.2, 0.25) is 11.6 Å². The molecule has 2 aromatic rings. The van der Waals surface area contributed by atoms with Crippen LogP contribution in [0.4, 0.5) is 0 Å². The Bertz CT molecular complexity index is 545. The molecule has 102 valence electrons. The summed E-state index contributed by atoms with van der Waals surface area (Å²) in [5, 5.41) is 0. The van der Waals surface area contributed by atoms with Gasteiger partial charge in [0.05, 0.1) is 27.0 Å². The van der Waals surface area contributed by atoms with Crippen molar-refractivity contribution in [2.75, 3.05) is 21.3 Å². The Kier molecular flexibility index (Phi) is 3.64. The van der Waals surface area contributed by atoms with Gasteiger partial charge in [-0.3, -0.25) is 0 Å². The summed E-state index contributed by atoms with van der Waals surface area (Å²) in [6.45, 7) is 3.78. The summed E-state index contributed by atoms with van der Waals surface area (Å²) in [5.74, 6) is 3.03. The number of ether oxygens (including phenoxy) is 3. The maximum atomic E-state index is 5.61. The molecule has 1 heterocycles. The normalized spacial score (nSPS) is 10.4. The van der Waals surface area contributed by atoms with E-state index < -0.39 is 0 Å². The molecule has 0 radical (unpaired) electrons. The SMILES string of the molecule is COc1cc(-c2nc(C)c(C)o2)cc(OC)c1OC. The minimum Gasteiger partial charge on any atom is -0.493 e. The van der Waals surface area contributed by atoms with Gasteiger partial charge in [0, 0.05) is 5.56 Å². The second-order valence-electron chi connectivity index (χ2n) is 4.07. The Morgan fingerprint density at radius 1 is 0.947 bits per heavy atom. The first-order chi connectivity index (χ1) is 9.10. The summed E-state index contributed by atoms with van der Waals surface area (Å²) in [5.41, 5.74) is 1.65. The minimum absolute atomic E-state index is 0.536. The molecular weight excluding hydrogens is 246 g/mol. The predicted octanol–water partition coefficient (Wildman–Crippen LogP) is 2.98. The highest BCUT2D eigenvalue weighted by atomic mass is 16.5. The lowest BCUT2D eigenvalue weighted by Gasteiger charge is -2.12.